The number of carbonyl (C=O) groups excluding carboxylic acids is 1. The van der Waals surface area contributed by atoms with Crippen molar-refractivity contribution in [2.45, 2.75) is 24.7 Å². The minimum Gasteiger partial charge on any atom is -0.308 e. The van der Waals surface area contributed by atoms with Gasteiger partial charge in [0.05, 0.1) is 4.90 Å². The van der Waals surface area contributed by atoms with Crippen LogP contribution >= 0.6 is 0 Å². The normalized spacial score (nSPS) is 14.3. The topological polar surface area (TPSA) is 66.5 Å². The van der Waals surface area contributed by atoms with E-state index in [1.165, 1.54) is 12.1 Å². The Hall–Kier alpha value is -2.18. The van der Waals surface area contributed by atoms with Crippen molar-refractivity contribution < 1.29 is 13.2 Å². The molecule has 2 aromatic carbocycles. The van der Waals surface area contributed by atoms with Crippen molar-refractivity contribution in [1.82, 2.24) is 4.72 Å². The Morgan fingerprint density at radius 2 is 1.96 bits per heavy atom. The van der Waals surface area contributed by atoms with Crippen LogP contribution in [0.5, 0.6) is 0 Å². The highest BCUT2D eigenvalue weighted by molar-refractivity contribution is 7.89. The first-order chi connectivity index (χ1) is 11.5. The van der Waals surface area contributed by atoms with Gasteiger partial charge >= 0.3 is 0 Å². The number of carbonyl (C=O) groups is 1. The van der Waals surface area contributed by atoms with Gasteiger partial charge in [-0.15, -0.1) is 0 Å². The zero-order valence-electron chi connectivity index (χ0n) is 13.5. The Bertz CT molecular complexity index is 862. The van der Waals surface area contributed by atoms with E-state index in [-0.39, 0.29) is 10.8 Å². The van der Waals surface area contributed by atoms with Crippen LogP contribution in [0.3, 0.4) is 0 Å². The average Bonchev–Trinajstić information content (AvgIpc) is 2.61. The van der Waals surface area contributed by atoms with Crippen molar-refractivity contribution in [2.75, 3.05) is 18.0 Å². The minimum absolute atomic E-state index is 0.112. The minimum atomic E-state index is -3.58. The maximum atomic E-state index is 12.9. The Morgan fingerprint density at radius 1 is 1.17 bits per heavy atom. The summed E-state index contributed by atoms with van der Waals surface area (Å²) in [5.74, 6) is -0.171. The molecule has 0 saturated carbocycles. The van der Waals surface area contributed by atoms with Gasteiger partial charge in [-0.3, -0.25) is 4.79 Å². The van der Waals surface area contributed by atoms with Crippen molar-refractivity contribution >= 4 is 21.6 Å². The second-order valence-corrected chi connectivity index (χ2v) is 7.49. The van der Waals surface area contributed by atoms with Gasteiger partial charge in [-0.05, 0) is 42.7 Å². The van der Waals surface area contributed by atoms with Gasteiger partial charge in [0.25, 0.3) is 5.91 Å². The van der Waals surface area contributed by atoms with Crippen LogP contribution in [0.4, 0.5) is 5.69 Å². The molecule has 0 aliphatic carbocycles. The summed E-state index contributed by atoms with van der Waals surface area (Å²) >= 11 is 0. The van der Waals surface area contributed by atoms with Gasteiger partial charge < -0.3 is 4.90 Å². The Morgan fingerprint density at radius 3 is 2.75 bits per heavy atom. The van der Waals surface area contributed by atoms with E-state index in [0.717, 1.165) is 24.1 Å². The van der Waals surface area contributed by atoms with E-state index in [2.05, 4.69) is 4.72 Å². The fourth-order valence-corrected chi connectivity index (χ4v) is 4.06. The number of rotatable bonds is 4. The van der Waals surface area contributed by atoms with E-state index in [1.807, 2.05) is 24.3 Å². The number of amides is 1. The summed E-state index contributed by atoms with van der Waals surface area (Å²) in [6.45, 7) is 2.66. The van der Waals surface area contributed by atoms with Crippen molar-refractivity contribution in [1.29, 1.82) is 0 Å². The van der Waals surface area contributed by atoms with Gasteiger partial charge in [-0.2, -0.15) is 0 Å². The summed E-state index contributed by atoms with van der Waals surface area (Å²) in [4.78, 5) is 14.8. The Balaban J connectivity index is 1.95. The molecule has 2 aromatic rings. The highest BCUT2D eigenvalue weighted by Crippen LogP contribution is 2.28. The number of nitrogens with zero attached hydrogens (tertiary/aromatic N) is 1. The van der Waals surface area contributed by atoms with E-state index in [1.54, 1.807) is 24.0 Å². The first kappa shape index (κ1) is 16.7. The number of hydrogen-bond donors (Lipinski definition) is 1. The molecule has 0 atom stereocenters. The molecule has 1 heterocycles. The van der Waals surface area contributed by atoms with Crippen LogP contribution in [0.1, 0.15) is 29.3 Å². The molecule has 0 saturated heterocycles. The Labute approximate surface area is 142 Å². The van der Waals surface area contributed by atoms with Crippen LogP contribution in [0.2, 0.25) is 0 Å². The molecule has 3 rings (SSSR count). The third-order valence-electron chi connectivity index (χ3n) is 4.08. The zero-order valence-corrected chi connectivity index (χ0v) is 14.3. The zero-order chi connectivity index (χ0) is 17.2. The molecule has 5 nitrogen and oxygen atoms in total. The maximum absolute atomic E-state index is 12.9. The highest BCUT2D eigenvalue weighted by atomic mass is 32.2. The smallest absolute Gasteiger partial charge is 0.258 e. The van der Waals surface area contributed by atoms with Crippen molar-refractivity contribution in [3.05, 3.63) is 59.7 Å². The molecule has 0 radical (unpaired) electrons. The van der Waals surface area contributed by atoms with Crippen LogP contribution in [0, 0.1) is 0 Å². The van der Waals surface area contributed by atoms with Crippen LogP contribution in [-0.4, -0.2) is 27.4 Å². The molecular formula is C18H20N2O3S. The molecule has 126 valence electrons. The Kier molecular flexibility index (Phi) is 4.69. The van der Waals surface area contributed by atoms with Crippen LogP contribution in [0.15, 0.2) is 53.4 Å². The molecule has 1 aliphatic heterocycles. The standard InChI is InChI=1S/C18H20N2O3S/c1-2-19-24(22,23)16-10-5-8-15(13-16)18(21)20-12-6-9-14-7-3-4-11-17(14)20/h3-5,7-8,10-11,13,19H,2,6,9,12H2,1H3. The van der Waals surface area contributed by atoms with Gasteiger partial charge in [0.2, 0.25) is 10.0 Å². The number of hydrogen-bond acceptors (Lipinski definition) is 3. The van der Waals surface area contributed by atoms with Crippen LogP contribution in [-0.2, 0) is 16.4 Å². The SMILES string of the molecule is CCNS(=O)(=O)c1cccc(C(=O)N2CCCc3ccccc32)c1. The molecular weight excluding hydrogens is 324 g/mol. The van der Waals surface area contributed by atoms with Crippen molar-refractivity contribution in [3.63, 3.8) is 0 Å². The number of anilines is 1. The molecule has 0 fully saturated rings. The number of para-hydroxylation sites is 1. The second-order valence-electron chi connectivity index (χ2n) is 5.72. The highest BCUT2D eigenvalue weighted by Gasteiger charge is 2.24. The fraction of sp³-hybridized carbons (Fsp3) is 0.278. The van der Waals surface area contributed by atoms with E-state index >= 15 is 0 Å². The molecule has 0 aromatic heterocycles. The molecule has 1 aliphatic rings. The lowest BCUT2D eigenvalue weighted by Gasteiger charge is -2.29. The number of aryl methyl sites for hydroxylation is 1. The van der Waals surface area contributed by atoms with Gasteiger partial charge in [0, 0.05) is 24.3 Å². The van der Waals surface area contributed by atoms with Gasteiger partial charge in [-0.25, -0.2) is 13.1 Å². The number of fused-ring (bicyclic) bond motifs is 1. The fourth-order valence-electron chi connectivity index (χ4n) is 2.97. The lowest BCUT2D eigenvalue weighted by molar-refractivity contribution is 0.0985. The van der Waals surface area contributed by atoms with Crippen LogP contribution < -0.4 is 9.62 Å². The van der Waals surface area contributed by atoms with E-state index in [9.17, 15) is 13.2 Å². The number of sulfonamides is 1. The summed E-state index contributed by atoms with van der Waals surface area (Å²) in [5.41, 5.74) is 2.44. The first-order valence-electron chi connectivity index (χ1n) is 8.02. The van der Waals surface area contributed by atoms with Crippen LogP contribution in [0.25, 0.3) is 0 Å². The predicted octanol–water partition coefficient (Wildman–Crippen LogP) is 2.58. The van der Waals surface area contributed by atoms with Crippen molar-refractivity contribution in [2.24, 2.45) is 0 Å². The third-order valence-corrected chi connectivity index (χ3v) is 5.62. The first-order valence-corrected chi connectivity index (χ1v) is 9.51. The predicted molar refractivity (Wildman–Crippen MR) is 93.7 cm³/mol. The lowest BCUT2D eigenvalue weighted by atomic mass is 10.0. The molecule has 0 unspecified atom stereocenters. The maximum Gasteiger partial charge on any atom is 0.258 e. The summed E-state index contributed by atoms with van der Waals surface area (Å²) in [7, 11) is -3.58. The summed E-state index contributed by atoms with van der Waals surface area (Å²) < 4.78 is 26.7. The third kappa shape index (κ3) is 3.20. The summed E-state index contributed by atoms with van der Waals surface area (Å²) in [6, 6.07) is 14.0. The lowest BCUT2D eigenvalue weighted by Crippen LogP contribution is -2.35. The van der Waals surface area contributed by atoms with E-state index < -0.39 is 10.0 Å². The van der Waals surface area contributed by atoms with E-state index in [4.69, 9.17) is 0 Å². The second kappa shape index (κ2) is 6.75. The largest absolute Gasteiger partial charge is 0.308 e. The average molecular weight is 344 g/mol. The summed E-state index contributed by atoms with van der Waals surface area (Å²) in [6.07, 6.45) is 1.85. The van der Waals surface area contributed by atoms with E-state index in [0.29, 0.717) is 18.7 Å². The number of nitrogens with one attached hydrogen (secondary N) is 1. The summed E-state index contributed by atoms with van der Waals surface area (Å²) in [5, 5.41) is 0. The molecule has 24 heavy (non-hydrogen) atoms. The van der Waals surface area contributed by atoms with Gasteiger partial charge in [0.15, 0.2) is 0 Å². The quantitative estimate of drug-likeness (QED) is 0.927. The molecule has 1 amide bonds. The van der Waals surface area contributed by atoms with Gasteiger partial charge in [-0.1, -0.05) is 31.2 Å². The van der Waals surface area contributed by atoms with Gasteiger partial charge in [0.1, 0.15) is 0 Å². The molecule has 6 heteroatoms. The molecule has 1 N–H and O–H groups in total. The number of benzene rings is 2. The monoisotopic (exact) mass is 344 g/mol. The molecule has 0 spiro atoms. The molecule has 0 bridgehead atoms. The van der Waals surface area contributed by atoms with Crippen molar-refractivity contribution in [3.8, 4) is 0 Å².